The summed E-state index contributed by atoms with van der Waals surface area (Å²) in [5.41, 5.74) is 0.0870. The smallest absolute Gasteiger partial charge is 0.251 e. The maximum Gasteiger partial charge on any atom is 0.251 e. The zero-order valence-electron chi connectivity index (χ0n) is 12.5. The third-order valence-electron chi connectivity index (χ3n) is 3.14. The van der Waals surface area contributed by atoms with E-state index in [1.54, 1.807) is 18.2 Å². The Bertz CT molecular complexity index is 389. The molecule has 1 aliphatic heterocycles. The first-order valence-electron chi connectivity index (χ1n) is 6.65. The molecule has 1 saturated heterocycles. The molecule has 1 rings (SSSR count). The van der Waals surface area contributed by atoms with E-state index >= 15 is 0 Å². The molecule has 3 nitrogen and oxygen atoms in total. The number of rotatable bonds is 4. The topological polar surface area (TPSA) is 38.3 Å². The van der Waals surface area contributed by atoms with Crippen molar-refractivity contribution in [1.29, 1.82) is 0 Å². The van der Waals surface area contributed by atoms with Crippen molar-refractivity contribution in [3.63, 3.8) is 0 Å². The van der Waals surface area contributed by atoms with Gasteiger partial charge in [-0.2, -0.15) is 0 Å². The van der Waals surface area contributed by atoms with Crippen LogP contribution < -0.4 is 5.32 Å². The molecule has 0 unspecified atom stereocenters. The Kier molecular flexibility index (Phi) is 4.75. The maximum absolute atomic E-state index is 12.1. The molecule has 0 aromatic rings. The molecule has 0 bridgehead atoms. The Balaban J connectivity index is 2.76. The summed E-state index contributed by atoms with van der Waals surface area (Å²) in [7, 11) is 0. The second-order valence-corrected chi connectivity index (χ2v) is 6.26. The molecule has 1 aliphatic rings. The first kappa shape index (κ1) is 15.7. The van der Waals surface area contributed by atoms with Gasteiger partial charge in [-0.05, 0) is 40.5 Å². The van der Waals surface area contributed by atoms with Gasteiger partial charge in [-0.15, -0.1) is 0 Å². The molecule has 0 spiro atoms. The number of allylic oxidation sites excluding steroid dienone is 2. The minimum absolute atomic E-state index is 0.103. The maximum atomic E-state index is 12.1. The fraction of sp³-hybridized carbons (Fsp3) is 0.562. The number of carbonyl (C=O) groups excluding carboxylic acids is 1. The average molecular weight is 263 g/mol. The normalized spacial score (nSPS) is 22.6. The lowest BCUT2D eigenvalue weighted by molar-refractivity contribution is -0.165. The van der Waals surface area contributed by atoms with E-state index in [2.05, 4.69) is 46.2 Å². The molecule has 1 fully saturated rings. The predicted molar refractivity (Wildman–Crippen MR) is 78.9 cm³/mol. The number of hydrogen-bond acceptors (Lipinski definition) is 2. The van der Waals surface area contributed by atoms with Gasteiger partial charge in [0.25, 0.3) is 5.91 Å². The molecule has 1 amide bonds. The molecule has 0 atom stereocenters. The van der Waals surface area contributed by atoms with Crippen molar-refractivity contribution in [2.24, 2.45) is 0 Å². The second-order valence-electron chi connectivity index (χ2n) is 6.26. The van der Waals surface area contributed by atoms with Crippen LogP contribution in [0.2, 0.25) is 0 Å². The van der Waals surface area contributed by atoms with E-state index in [0.29, 0.717) is 5.57 Å². The Morgan fingerprint density at radius 1 is 1.21 bits per heavy atom. The van der Waals surface area contributed by atoms with Crippen LogP contribution in [0, 0.1) is 0 Å². The van der Waals surface area contributed by atoms with Gasteiger partial charge in [0.05, 0.1) is 11.2 Å². The summed E-state index contributed by atoms with van der Waals surface area (Å²) in [6.45, 7) is 15.5. The molecule has 106 valence electrons. The predicted octanol–water partition coefficient (Wildman–Crippen LogP) is 3.14. The van der Waals surface area contributed by atoms with Crippen molar-refractivity contribution in [3.8, 4) is 0 Å². The summed E-state index contributed by atoms with van der Waals surface area (Å²) in [4.78, 5) is 12.1. The summed E-state index contributed by atoms with van der Waals surface area (Å²) in [6, 6.07) is 0.111. The monoisotopic (exact) mass is 263 g/mol. The highest BCUT2D eigenvalue weighted by molar-refractivity contribution is 5.96. The van der Waals surface area contributed by atoms with Crippen molar-refractivity contribution in [3.05, 3.63) is 37.0 Å². The lowest BCUT2D eigenvalue weighted by Crippen LogP contribution is -2.53. The third-order valence-corrected chi connectivity index (χ3v) is 3.14. The lowest BCUT2D eigenvalue weighted by Gasteiger charge is -2.45. The van der Waals surface area contributed by atoms with Gasteiger partial charge in [0.2, 0.25) is 0 Å². The van der Waals surface area contributed by atoms with Crippen molar-refractivity contribution < 1.29 is 9.53 Å². The van der Waals surface area contributed by atoms with Gasteiger partial charge < -0.3 is 10.1 Å². The average Bonchev–Trinajstić information content (AvgIpc) is 2.20. The minimum atomic E-state index is -0.226. The first-order chi connectivity index (χ1) is 8.69. The van der Waals surface area contributed by atoms with Crippen LogP contribution in [-0.4, -0.2) is 23.2 Å². The minimum Gasteiger partial charge on any atom is -0.370 e. The number of amides is 1. The van der Waals surface area contributed by atoms with Crippen molar-refractivity contribution in [2.45, 2.75) is 57.8 Å². The van der Waals surface area contributed by atoms with Gasteiger partial charge in [-0.3, -0.25) is 4.79 Å². The Hall–Kier alpha value is -1.35. The van der Waals surface area contributed by atoms with E-state index in [0.717, 1.165) is 12.8 Å². The van der Waals surface area contributed by atoms with Crippen LogP contribution in [0.15, 0.2) is 37.0 Å². The van der Waals surface area contributed by atoms with Crippen LogP contribution >= 0.6 is 0 Å². The lowest BCUT2D eigenvalue weighted by atomic mass is 9.85. The van der Waals surface area contributed by atoms with Crippen molar-refractivity contribution in [1.82, 2.24) is 5.32 Å². The molecular weight excluding hydrogens is 238 g/mol. The van der Waals surface area contributed by atoms with Gasteiger partial charge in [0, 0.05) is 11.6 Å². The van der Waals surface area contributed by atoms with Gasteiger partial charge in [0.15, 0.2) is 0 Å². The van der Waals surface area contributed by atoms with Gasteiger partial charge in [-0.25, -0.2) is 0 Å². The molecular formula is C16H25NO2. The van der Waals surface area contributed by atoms with Crippen molar-refractivity contribution >= 4 is 5.91 Å². The summed E-state index contributed by atoms with van der Waals surface area (Å²) >= 11 is 0. The van der Waals surface area contributed by atoms with Gasteiger partial charge in [-0.1, -0.05) is 31.4 Å². The molecule has 3 heteroatoms. The zero-order chi connectivity index (χ0) is 14.7. The highest BCUT2D eigenvalue weighted by Crippen LogP contribution is 2.34. The third kappa shape index (κ3) is 4.67. The van der Waals surface area contributed by atoms with Gasteiger partial charge >= 0.3 is 0 Å². The van der Waals surface area contributed by atoms with Crippen molar-refractivity contribution in [2.75, 3.05) is 0 Å². The zero-order valence-corrected chi connectivity index (χ0v) is 12.5. The van der Waals surface area contributed by atoms with Crippen LogP contribution in [0.3, 0.4) is 0 Å². The first-order valence-corrected chi connectivity index (χ1v) is 6.65. The van der Waals surface area contributed by atoms with Crippen LogP contribution in [0.1, 0.15) is 40.5 Å². The Morgan fingerprint density at radius 3 is 2.16 bits per heavy atom. The number of carbonyl (C=O) groups is 1. The Morgan fingerprint density at radius 2 is 1.74 bits per heavy atom. The Labute approximate surface area is 116 Å². The standard InChI is InChI=1S/C16H25NO2/c1-7-9-12(8-2)14(18)17-13-10-15(3,4)19-16(5,6)11-13/h7-9,13H,1-2,10-11H2,3-6H3,(H,17,18). The number of ether oxygens (including phenoxy) is 1. The summed E-state index contributed by atoms with van der Waals surface area (Å²) in [5.74, 6) is -0.103. The summed E-state index contributed by atoms with van der Waals surface area (Å²) < 4.78 is 6.01. The molecule has 0 aliphatic carbocycles. The molecule has 0 aromatic heterocycles. The highest BCUT2D eigenvalue weighted by Gasteiger charge is 2.39. The molecule has 1 N–H and O–H groups in total. The second kappa shape index (κ2) is 5.74. The fourth-order valence-electron chi connectivity index (χ4n) is 2.82. The van der Waals surface area contributed by atoms with E-state index in [1.807, 2.05) is 0 Å². The van der Waals surface area contributed by atoms with E-state index in [4.69, 9.17) is 4.74 Å². The summed E-state index contributed by atoms with van der Waals surface area (Å²) in [6.07, 6.45) is 6.42. The molecule has 0 saturated carbocycles. The summed E-state index contributed by atoms with van der Waals surface area (Å²) in [5, 5.41) is 3.06. The molecule has 0 aromatic carbocycles. The van der Waals surface area contributed by atoms with E-state index in [9.17, 15) is 4.79 Å². The van der Waals surface area contributed by atoms with Crippen LogP contribution in [-0.2, 0) is 9.53 Å². The molecule has 1 heterocycles. The van der Waals surface area contributed by atoms with E-state index < -0.39 is 0 Å². The number of hydrogen-bond donors (Lipinski definition) is 1. The highest BCUT2D eigenvalue weighted by atomic mass is 16.5. The van der Waals surface area contributed by atoms with Crippen LogP contribution in [0.25, 0.3) is 0 Å². The van der Waals surface area contributed by atoms with Crippen LogP contribution in [0.4, 0.5) is 0 Å². The van der Waals surface area contributed by atoms with E-state index in [-0.39, 0.29) is 23.2 Å². The molecule has 0 radical (unpaired) electrons. The fourth-order valence-corrected chi connectivity index (χ4v) is 2.82. The largest absolute Gasteiger partial charge is 0.370 e. The van der Waals surface area contributed by atoms with Crippen LogP contribution in [0.5, 0.6) is 0 Å². The van der Waals surface area contributed by atoms with E-state index in [1.165, 1.54) is 0 Å². The molecule has 19 heavy (non-hydrogen) atoms. The SMILES string of the molecule is C=CC=C(C=C)C(=O)NC1CC(C)(C)OC(C)(C)C1. The van der Waals surface area contributed by atoms with Gasteiger partial charge in [0.1, 0.15) is 0 Å². The number of nitrogens with one attached hydrogen (secondary N) is 1. The quantitative estimate of drug-likeness (QED) is 0.625.